The molecule has 0 aromatic carbocycles. The molecule has 38 heavy (non-hydrogen) atoms. The summed E-state index contributed by atoms with van der Waals surface area (Å²) in [7, 11) is 0. The molecule has 1 aliphatic heterocycles. The van der Waals surface area contributed by atoms with Crippen molar-refractivity contribution in [3.63, 3.8) is 0 Å². The molecule has 0 atom stereocenters. The van der Waals surface area contributed by atoms with Crippen molar-refractivity contribution in [3.05, 3.63) is 0 Å². The summed E-state index contributed by atoms with van der Waals surface area (Å²) in [6.45, 7) is 0.989. The monoisotopic (exact) mass is 540 g/mol. The Morgan fingerprint density at radius 1 is 0.579 bits per heavy atom. The van der Waals surface area contributed by atoms with Gasteiger partial charge in [0, 0.05) is 38.0 Å². The van der Waals surface area contributed by atoms with Crippen LogP contribution in [-0.2, 0) is 33.9 Å². The Hall–Kier alpha value is -1.35. The van der Waals surface area contributed by atoms with Crippen molar-refractivity contribution in [2.45, 2.75) is 153 Å². The minimum atomic E-state index is -0.792. The molecule has 8 nitrogen and oxygen atoms in total. The van der Waals surface area contributed by atoms with Gasteiger partial charge in [-0.3, -0.25) is 14.4 Å². The Morgan fingerprint density at radius 2 is 1.00 bits per heavy atom. The maximum atomic E-state index is 12.1. The second-order valence-corrected chi connectivity index (χ2v) is 11.3. The number of carboxylic acids is 1. The van der Waals surface area contributed by atoms with Crippen LogP contribution in [0.5, 0.6) is 0 Å². The van der Waals surface area contributed by atoms with Gasteiger partial charge in [-0.05, 0) is 38.5 Å². The fraction of sp³-hybridized carbons (Fsp3) is 0.900. The fourth-order valence-corrected chi connectivity index (χ4v) is 5.29. The number of carbonyl (C=O) groups excluding carboxylic acids is 2. The van der Waals surface area contributed by atoms with Gasteiger partial charge < -0.3 is 5.11 Å². The molecular formula is C30H52O8. The van der Waals surface area contributed by atoms with E-state index in [0.717, 1.165) is 70.6 Å². The molecule has 0 aromatic heterocycles. The van der Waals surface area contributed by atoms with Crippen LogP contribution in [0.15, 0.2) is 0 Å². The van der Waals surface area contributed by atoms with Crippen molar-refractivity contribution in [2.75, 3.05) is 13.2 Å². The third-order valence-corrected chi connectivity index (χ3v) is 7.77. The number of ketones is 2. The molecular weight excluding hydrogens is 488 g/mol. The lowest BCUT2D eigenvalue weighted by molar-refractivity contribution is -0.531. The summed E-state index contributed by atoms with van der Waals surface area (Å²) in [5, 5.41) is 8.62. The lowest BCUT2D eigenvalue weighted by Gasteiger charge is -2.34. The zero-order chi connectivity index (χ0) is 27.3. The number of unbranched alkanes of at least 4 members (excludes halogenated alkanes) is 6. The van der Waals surface area contributed by atoms with Gasteiger partial charge in [-0.25, -0.2) is 9.78 Å². The molecule has 2 aliphatic rings. The fourth-order valence-electron chi connectivity index (χ4n) is 5.29. The quantitative estimate of drug-likeness (QED) is 0.130. The lowest BCUT2D eigenvalue weighted by Crippen LogP contribution is -2.40. The number of rotatable bonds is 15. The van der Waals surface area contributed by atoms with Crippen LogP contribution in [0.3, 0.4) is 0 Å². The van der Waals surface area contributed by atoms with Gasteiger partial charge in [-0.2, -0.15) is 9.78 Å². The average Bonchev–Trinajstić information content (AvgIpc) is 2.87. The van der Waals surface area contributed by atoms with E-state index in [1.807, 2.05) is 0 Å². The lowest BCUT2D eigenvalue weighted by atomic mass is 9.97. The van der Waals surface area contributed by atoms with E-state index in [0.29, 0.717) is 32.5 Å². The van der Waals surface area contributed by atoms with E-state index in [-0.39, 0.29) is 30.3 Å². The first-order valence-electron chi connectivity index (χ1n) is 15.4. The van der Waals surface area contributed by atoms with Gasteiger partial charge in [0.05, 0.1) is 13.2 Å². The van der Waals surface area contributed by atoms with E-state index in [2.05, 4.69) is 0 Å². The SMILES string of the molecule is O=C(O)CCCCCCC(=O)C(=O)CCCCCCC1COOC2(CCCCCCCCCCC2)OOC1. The van der Waals surface area contributed by atoms with Gasteiger partial charge in [0.15, 0.2) is 11.6 Å². The predicted octanol–water partition coefficient (Wildman–Crippen LogP) is 7.42. The molecule has 1 spiro atoms. The standard InChI is InChI=1S/C30H52O8/c31-27(28(32)20-14-8-9-15-21-29(33)34)19-13-7-6-12-18-26-24-35-37-30(38-36-25-26)22-16-10-4-2-1-3-5-11-17-23-30/h26H,1-25H2,(H,33,34). The summed E-state index contributed by atoms with van der Waals surface area (Å²) in [5.41, 5.74) is 0. The van der Waals surface area contributed by atoms with E-state index in [9.17, 15) is 14.4 Å². The minimum absolute atomic E-state index is 0.163. The Kier molecular flexibility index (Phi) is 17.8. The summed E-state index contributed by atoms with van der Waals surface area (Å²) in [6, 6.07) is 0. The van der Waals surface area contributed by atoms with Gasteiger partial charge in [0.2, 0.25) is 5.79 Å². The highest BCUT2D eigenvalue weighted by Gasteiger charge is 2.36. The first kappa shape index (κ1) is 32.9. The van der Waals surface area contributed by atoms with Crippen LogP contribution in [-0.4, -0.2) is 41.6 Å². The molecule has 2 fully saturated rings. The first-order chi connectivity index (χ1) is 18.5. The van der Waals surface area contributed by atoms with Crippen LogP contribution in [0.1, 0.15) is 148 Å². The summed E-state index contributed by atoms with van der Waals surface area (Å²) < 4.78 is 0. The van der Waals surface area contributed by atoms with E-state index in [1.54, 1.807) is 0 Å². The first-order valence-corrected chi connectivity index (χ1v) is 15.4. The number of aliphatic carboxylic acids is 1. The molecule has 0 aromatic rings. The Balaban J connectivity index is 1.53. The predicted molar refractivity (Wildman–Crippen MR) is 144 cm³/mol. The molecule has 1 N–H and O–H groups in total. The Morgan fingerprint density at radius 3 is 1.47 bits per heavy atom. The molecule has 0 amide bonds. The second kappa shape index (κ2) is 20.5. The molecule has 0 unspecified atom stereocenters. The summed E-state index contributed by atoms with van der Waals surface area (Å²) >= 11 is 0. The zero-order valence-electron chi connectivity index (χ0n) is 23.6. The van der Waals surface area contributed by atoms with Crippen molar-refractivity contribution < 1.29 is 39.0 Å². The van der Waals surface area contributed by atoms with Crippen molar-refractivity contribution in [3.8, 4) is 0 Å². The van der Waals surface area contributed by atoms with Crippen molar-refractivity contribution in [2.24, 2.45) is 5.92 Å². The largest absolute Gasteiger partial charge is 0.481 e. The Labute approximate surface area is 229 Å². The summed E-state index contributed by atoms with van der Waals surface area (Å²) in [6.07, 6.45) is 20.8. The topological polar surface area (TPSA) is 108 Å². The van der Waals surface area contributed by atoms with E-state index < -0.39 is 11.8 Å². The van der Waals surface area contributed by atoms with Crippen LogP contribution in [0.4, 0.5) is 0 Å². The maximum Gasteiger partial charge on any atom is 0.303 e. The highest BCUT2D eigenvalue weighted by Crippen LogP contribution is 2.32. The van der Waals surface area contributed by atoms with E-state index >= 15 is 0 Å². The Bertz CT molecular complexity index is 641. The van der Waals surface area contributed by atoms with Gasteiger partial charge in [0.25, 0.3) is 0 Å². The molecule has 8 heteroatoms. The van der Waals surface area contributed by atoms with Crippen LogP contribution in [0, 0.1) is 5.92 Å². The molecule has 1 heterocycles. The highest BCUT2D eigenvalue weighted by atomic mass is 17.3. The number of hydrogen-bond donors (Lipinski definition) is 1. The molecule has 0 bridgehead atoms. The molecule has 2 rings (SSSR count). The van der Waals surface area contributed by atoms with Crippen molar-refractivity contribution in [1.82, 2.24) is 0 Å². The van der Waals surface area contributed by atoms with E-state index in [1.165, 1.54) is 44.9 Å². The zero-order valence-corrected chi connectivity index (χ0v) is 23.6. The third kappa shape index (κ3) is 15.3. The molecule has 220 valence electrons. The van der Waals surface area contributed by atoms with Crippen LogP contribution >= 0.6 is 0 Å². The highest BCUT2D eigenvalue weighted by molar-refractivity contribution is 6.37. The average molecular weight is 541 g/mol. The van der Waals surface area contributed by atoms with Crippen LogP contribution in [0.2, 0.25) is 0 Å². The molecule has 1 saturated heterocycles. The normalized spacial score (nSPS) is 20.1. The summed E-state index contributed by atoms with van der Waals surface area (Å²) in [4.78, 5) is 57.6. The minimum Gasteiger partial charge on any atom is -0.481 e. The van der Waals surface area contributed by atoms with E-state index in [4.69, 9.17) is 24.7 Å². The third-order valence-electron chi connectivity index (χ3n) is 7.77. The summed E-state index contributed by atoms with van der Waals surface area (Å²) in [5.74, 6) is -1.93. The molecule has 0 radical (unpaired) electrons. The smallest absolute Gasteiger partial charge is 0.303 e. The van der Waals surface area contributed by atoms with Crippen LogP contribution < -0.4 is 0 Å². The number of carbonyl (C=O) groups is 3. The van der Waals surface area contributed by atoms with Crippen LogP contribution in [0.25, 0.3) is 0 Å². The number of hydrogen-bond acceptors (Lipinski definition) is 7. The van der Waals surface area contributed by atoms with Gasteiger partial charge >= 0.3 is 5.97 Å². The van der Waals surface area contributed by atoms with Crippen molar-refractivity contribution in [1.29, 1.82) is 0 Å². The second-order valence-electron chi connectivity index (χ2n) is 11.3. The van der Waals surface area contributed by atoms with Crippen molar-refractivity contribution >= 4 is 17.5 Å². The number of carboxylic acid groups (broad SMARTS) is 1. The number of Topliss-reactive ketones (excluding diaryl/α,β-unsaturated/α-hetero) is 2. The van der Waals surface area contributed by atoms with Gasteiger partial charge in [0.1, 0.15) is 0 Å². The molecule has 1 aliphatic carbocycles. The molecule has 1 saturated carbocycles. The maximum absolute atomic E-state index is 12.1. The van der Waals surface area contributed by atoms with Gasteiger partial charge in [-0.1, -0.05) is 77.0 Å². The van der Waals surface area contributed by atoms with Gasteiger partial charge in [-0.15, -0.1) is 0 Å².